The van der Waals surface area contributed by atoms with Gasteiger partial charge < -0.3 is 19.3 Å². The summed E-state index contributed by atoms with van der Waals surface area (Å²) in [6.07, 6.45) is 0.804. The third-order valence-electron chi connectivity index (χ3n) is 5.08. The molecule has 0 radical (unpaired) electrons. The zero-order chi connectivity index (χ0) is 16.2. The first-order valence-electron chi connectivity index (χ1n) is 7.66. The van der Waals surface area contributed by atoms with Crippen molar-refractivity contribution < 1.29 is 23.5 Å². The monoisotopic (exact) mass is 320 g/mol. The van der Waals surface area contributed by atoms with Crippen LogP contribution in [-0.4, -0.2) is 60.2 Å². The second-order valence-corrected chi connectivity index (χ2v) is 6.03. The van der Waals surface area contributed by atoms with Crippen LogP contribution >= 0.6 is 0 Å². The van der Waals surface area contributed by atoms with Crippen LogP contribution in [0.4, 0.5) is 4.39 Å². The minimum atomic E-state index is -0.706. The van der Waals surface area contributed by atoms with Gasteiger partial charge in [0.2, 0.25) is 5.91 Å². The van der Waals surface area contributed by atoms with E-state index in [1.807, 2.05) is 0 Å². The Bertz CT molecular complexity index is 695. The van der Waals surface area contributed by atoms with E-state index in [9.17, 15) is 14.0 Å². The molecule has 7 heteroatoms. The Morgan fingerprint density at radius 3 is 3.04 bits per heavy atom. The summed E-state index contributed by atoms with van der Waals surface area (Å²) in [5.74, 6) is -1.06. The number of benzene rings is 1. The molecule has 3 fully saturated rings. The molecule has 122 valence electrons. The van der Waals surface area contributed by atoms with Crippen LogP contribution < -0.4 is 4.74 Å². The van der Waals surface area contributed by atoms with E-state index in [1.54, 1.807) is 15.9 Å². The summed E-state index contributed by atoms with van der Waals surface area (Å²) in [4.78, 5) is 28.3. The molecule has 0 aromatic heterocycles. The van der Waals surface area contributed by atoms with E-state index in [2.05, 4.69) is 0 Å². The Balaban J connectivity index is 1.67. The van der Waals surface area contributed by atoms with E-state index in [4.69, 9.17) is 9.47 Å². The Kier molecular flexibility index (Phi) is 3.09. The first-order chi connectivity index (χ1) is 11.1. The number of ether oxygens (including phenoxy) is 2. The first-order valence-corrected chi connectivity index (χ1v) is 7.66. The zero-order valence-corrected chi connectivity index (χ0v) is 12.8. The van der Waals surface area contributed by atoms with Crippen molar-refractivity contribution in [1.29, 1.82) is 0 Å². The maximum atomic E-state index is 14.4. The average molecular weight is 320 g/mol. The minimum absolute atomic E-state index is 0.00360. The van der Waals surface area contributed by atoms with E-state index >= 15 is 0 Å². The van der Waals surface area contributed by atoms with Crippen molar-refractivity contribution in [3.05, 3.63) is 29.6 Å². The second kappa shape index (κ2) is 4.92. The van der Waals surface area contributed by atoms with Crippen LogP contribution in [0.2, 0.25) is 0 Å². The lowest BCUT2D eigenvalue weighted by molar-refractivity contribution is -0.136. The van der Waals surface area contributed by atoms with Gasteiger partial charge in [-0.3, -0.25) is 9.59 Å². The van der Waals surface area contributed by atoms with Gasteiger partial charge in [0.1, 0.15) is 0 Å². The van der Waals surface area contributed by atoms with E-state index < -0.39 is 17.4 Å². The van der Waals surface area contributed by atoms with Crippen molar-refractivity contribution in [2.75, 3.05) is 26.8 Å². The largest absolute Gasteiger partial charge is 0.494 e. The molecule has 23 heavy (non-hydrogen) atoms. The normalized spacial score (nSPS) is 29.0. The lowest BCUT2D eigenvalue weighted by atomic mass is 10.1. The first kappa shape index (κ1) is 14.4. The molecule has 1 aromatic rings. The summed E-state index contributed by atoms with van der Waals surface area (Å²) in [7, 11) is 1.36. The fraction of sp³-hybridized carbons (Fsp3) is 0.500. The lowest BCUT2D eigenvalue weighted by Crippen LogP contribution is -2.48. The summed E-state index contributed by atoms with van der Waals surface area (Å²) in [5.41, 5.74) is -0.743. The Morgan fingerprint density at radius 1 is 1.43 bits per heavy atom. The Morgan fingerprint density at radius 2 is 2.26 bits per heavy atom. The van der Waals surface area contributed by atoms with Gasteiger partial charge in [0, 0.05) is 19.5 Å². The maximum Gasteiger partial charge on any atom is 0.257 e. The highest BCUT2D eigenvalue weighted by molar-refractivity contribution is 5.96. The molecule has 0 saturated carbocycles. The summed E-state index contributed by atoms with van der Waals surface area (Å²) in [5, 5.41) is 0. The van der Waals surface area contributed by atoms with Gasteiger partial charge in [-0.2, -0.15) is 0 Å². The van der Waals surface area contributed by atoms with Gasteiger partial charge in [0.05, 0.1) is 31.7 Å². The number of hydrogen-bond donors (Lipinski definition) is 0. The summed E-state index contributed by atoms with van der Waals surface area (Å²) < 4.78 is 25.2. The van der Waals surface area contributed by atoms with Crippen molar-refractivity contribution in [3.8, 4) is 5.75 Å². The van der Waals surface area contributed by atoms with Crippen LogP contribution in [0.5, 0.6) is 5.75 Å². The van der Waals surface area contributed by atoms with Gasteiger partial charge in [-0.1, -0.05) is 6.07 Å². The van der Waals surface area contributed by atoms with Crippen molar-refractivity contribution >= 4 is 11.8 Å². The number of likely N-dealkylation sites (tertiary alicyclic amines) is 1. The number of amides is 2. The molecule has 1 spiro atoms. The van der Waals surface area contributed by atoms with Gasteiger partial charge in [-0.05, 0) is 12.1 Å². The van der Waals surface area contributed by atoms with Crippen molar-refractivity contribution in [2.24, 2.45) is 0 Å². The third kappa shape index (κ3) is 1.83. The Hall–Kier alpha value is -2.15. The summed E-state index contributed by atoms with van der Waals surface area (Å²) in [6.45, 7) is 1.49. The minimum Gasteiger partial charge on any atom is -0.494 e. The van der Waals surface area contributed by atoms with Crippen molar-refractivity contribution in [1.82, 2.24) is 9.80 Å². The molecular formula is C16H17FN2O4. The number of halogens is 1. The molecule has 1 aromatic carbocycles. The van der Waals surface area contributed by atoms with Gasteiger partial charge in [0.25, 0.3) is 5.91 Å². The number of rotatable bonds is 2. The number of carbonyl (C=O) groups excluding carboxylic acids is 2. The fourth-order valence-electron chi connectivity index (χ4n) is 4.02. The topological polar surface area (TPSA) is 59.1 Å². The molecule has 3 heterocycles. The van der Waals surface area contributed by atoms with E-state index in [0.717, 1.165) is 0 Å². The molecule has 3 saturated heterocycles. The van der Waals surface area contributed by atoms with Crippen LogP contribution in [0.25, 0.3) is 0 Å². The number of nitrogens with zero attached hydrogens (tertiary/aromatic N) is 2. The summed E-state index contributed by atoms with van der Waals surface area (Å²) >= 11 is 0. The van der Waals surface area contributed by atoms with Gasteiger partial charge in [0.15, 0.2) is 17.3 Å². The highest BCUT2D eigenvalue weighted by Gasteiger charge is 2.63. The summed E-state index contributed by atoms with van der Waals surface area (Å²) in [6, 6.07) is 4.14. The smallest absolute Gasteiger partial charge is 0.257 e. The van der Waals surface area contributed by atoms with Crippen molar-refractivity contribution in [2.45, 2.75) is 24.6 Å². The highest BCUT2D eigenvalue weighted by Crippen LogP contribution is 2.46. The molecular weight excluding hydrogens is 303 g/mol. The second-order valence-electron chi connectivity index (χ2n) is 6.03. The lowest BCUT2D eigenvalue weighted by Gasteiger charge is -2.31. The van der Waals surface area contributed by atoms with E-state index in [0.29, 0.717) is 26.1 Å². The molecule has 2 amide bonds. The van der Waals surface area contributed by atoms with Gasteiger partial charge in [-0.15, -0.1) is 0 Å². The molecule has 4 rings (SSSR count). The number of methoxy groups -OCH3 is 1. The van der Waals surface area contributed by atoms with E-state index in [1.165, 1.54) is 19.2 Å². The van der Waals surface area contributed by atoms with Crippen LogP contribution in [-0.2, 0) is 9.53 Å². The molecule has 0 bridgehead atoms. The van der Waals surface area contributed by atoms with Crippen LogP contribution in [0, 0.1) is 5.82 Å². The standard InChI is InChI=1S/C16H17FN2O4/c1-22-11-4-2-3-10(14(11)17)15(21)18-6-5-16-12(18)9-13(20)19(16)7-8-23-16/h2-4,12H,5-9H2,1H3/t12-,16+/m1/s1. The van der Waals surface area contributed by atoms with Crippen LogP contribution in [0.3, 0.4) is 0 Å². The fourth-order valence-corrected chi connectivity index (χ4v) is 4.02. The SMILES string of the molecule is COc1cccc(C(=O)N2CC[C@@]34OCCN3C(=O)C[C@@H]24)c1F. The van der Waals surface area contributed by atoms with Crippen LogP contribution in [0.1, 0.15) is 23.2 Å². The number of carbonyl (C=O) groups is 2. The van der Waals surface area contributed by atoms with E-state index in [-0.39, 0.29) is 29.7 Å². The molecule has 6 nitrogen and oxygen atoms in total. The predicted octanol–water partition coefficient (Wildman–Crippen LogP) is 1.01. The van der Waals surface area contributed by atoms with Gasteiger partial charge >= 0.3 is 0 Å². The molecule has 0 N–H and O–H groups in total. The number of hydrogen-bond acceptors (Lipinski definition) is 4. The molecule has 0 aliphatic carbocycles. The highest BCUT2D eigenvalue weighted by atomic mass is 19.1. The molecule has 0 unspecified atom stereocenters. The van der Waals surface area contributed by atoms with Crippen molar-refractivity contribution in [3.63, 3.8) is 0 Å². The van der Waals surface area contributed by atoms with Crippen LogP contribution in [0.15, 0.2) is 18.2 Å². The Labute approximate surface area is 132 Å². The molecule has 3 aliphatic rings. The molecule has 3 aliphatic heterocycles. The maximum absolute atomic E-state index is 14.4. The third-order valence-corrected chi connectivity index (χ3v) is 5.08. The average Bonchev–Trinajstić information content (AvgIpc) is 3.18. The zero-order valence-electron chi connectivity index (χ0n) is 12.8. The van der Waals surface area contributed by atoms with Gasteiger partial charge in [-0.25, -0.2) is 4.39 Å². The predicted molar refractivity (Wildman–Crippen MR) is 77.4 cm³/mol. The quantitative estimate of drug-likeness (QED) is 0.816. The molecule has 2 atom stereocenters.